The molecule has 0 aliphatic heterocycles. The van der Waals surface area contributed by atoms with E-state index in [1.165, 1.54) is 167 Å². The van der Waals surface area contributed by atoms with Crippen molar-refractivity contribution >= 4 is 0 Å². The summed E-state index contributed by atoms with van der Waals surface area (Å²) in [4.78, 5) is 0. The van der Waals surface area contributed by atoms with Gasteiger partial charge in [0.1, 0.15) is 0 Å². The van der Waals surface area contributed by atoms with Crippen LogP contribution in [-0.4, -0.2) is 38.1 Å². The van der Waals surface area contributed by atoms with Gasteiger partial charge in [-0.25, -0.2) is 0 Å². The molecule has 0 saturated carbocycles. The van der Waals surface area contributed by atoms with E-state index >= 15 is 0 Å². The molecule has 0 aromatic rings. The predicted octanol–water partition coefficient (Wildman–Crippen LogP) is 14.8. The van der Waals surface area contributed by atoms with Crippen LogP contribution in [-0.2, 0) is 14.2 Å². The van der Waals surface area contributed by atoms with Gasteiger partial charge in [-0.1, -0.05) is 160 Å². The SMILES string of the molecule is C=CCCCCCCC(CCCCCCCCC)OCC(CCCCOCC=C)OC(CCCCCCC=C)CCCCCCCCC. The quantitative estimate of drug-likeness (QED) is 0.0476. The Balaban J connectivity index is 5.24. The van der Waals surface area contributed by atoms with Crippen molar-refractivity contribution in [2.24, 2.45) is 0 Å². The Hall–Kier alpha value is -0.900. The molecule has 0 saturated heterocycles. The zero-order valence-corrected chi connectivity index (χ0v) is 32.9. The van der Waals surface area contributed by atoms with E-state index in [1.807, 2.05) is 6.08 Å². The van der Waals surface area contributed by atoms with Crippen molar-refractivity contribution in [3.63, 3.8) is 0 Å². The summed E-state index contributed by atoms with van der Waals surface area (Å²) in [5.41, 5.74) is 0. The van der Waals surface area contributed by atoms with Gasteiger partial charge in [-0.15, -0.1) is 19.7 Å². The van der Waals surface area contributed by atoms with Crippen molar-refractivity contribution in [3.05, 3.63) is 38.0 Å². The Labute approximate surface area is 302 Å². The van der Waals surface area contributed by atoms with E-state index in [0.717, 1.165) is 45.3 Å². The fourth-order valence-corrected chi connectivity index (χ4v) is 6.73. The van der Waals surface area contributed by atoms with E-state index in [0.29, 0.717) is 18.8 Å². The molecule has 0 aromatic heterocycles. The van der Waals surface area contributed by atoms with Gasteiger partial charge >= 0.3 is 0 Å². The third-order valence-electron chi connectivity index (χ3n) is 9.83. The molecule has 0 aromatic carbocycles. The highest BCUT2D eigenvalue weighted by molar-refractivity contribution is 4.70. The summed E-state index contributed by atoms with van der Waals surface area (Å²) < 4.78 is 19.6. The van der Waals surface area contributed by atoms with E-state index < -0.39 is 0 Å². The van der Waals surface area contributed by atoms with Crippen LogP contribution < -0.4 is 0 Å². The molecule has 0 heterocycles. The first-order valence-corrected chi connectivity index (χ1v) is 21.4. The molecule has 0 aliphatic rings. The third kappa shape index (κ3) is 34.9. The van der Waals surface area contributed by atoms with Crippen LogP contribution in [0.4, 0.5) is 0 Å². The Kier molecular flexibility index (Phi) is 39.8. The van der Waals surface area contributed by atoms with Crippen molar-refractivity contribution in [2.45, 2.75) is 231 Å². The summed E-state index contributed by atoms with van der Waals surface area (Å²) in [5.74, 6) is 0. The molecule has 0 radical (unpaired) electrons. The minimum Gasteiger partial charge on any atom is -0.377 e. The van der Waals surface area contributed by atoms with Gasteiger partial charge in [0.05, 0.1) is 31.5 Å². The first kappa shape index (κ1) is 47.1. The minimum atomic E-state index is 0.184. The van der Waals surface area contributed by atoms with Crippen LogP contribution in [0.3, 0.4) is 0 Å². The van der Waals surface area contributed by atoms with Crippen LogP contribution in [0.25, 0.3) is 0 Å². The zero-order valence-electron chi connectivity index (χ0n) is 32.9. The lowest BCUT2D eigenvalue weighted by atomic mass is 10.0. The molecule has 0 aliphatic carbocycles. The van der Waals surface area contributed by atoms with Gasteiger partial charge in [0.2, 0.25) is 0 Å². The number of unbranched alkanes of at least 4 members (excludes halogenated alkanes) is 21. The second-order valence-electron chi connectivity index (χ2n) is 14.6. The smallest absolute Gasteiger partial charge is 0.0812 e. The lowest BCUT2D eigenvalue weighted by Crippen LogP contribution is -2.29. The highest BCUT2D eigenvalue weighted by Gasteiger charge is 2.19. The van der Waals surface area contributed by atoms with Gasteiger partial charge in [-0.2, -0.15) is 0 Å². The highest BCUT2D eigenvalue weighted by Crippen LogP contribution is 2.22. The molecular weight excluding hydrogens is 588 g/mol. The molecule has 3 heteroatoms. The summed E-state index contributed by atoms with van der Waals surface area (Å²) in [6.07, 6.45) is 46.5. The topological polar surface area (TPSA) is 27.7 Å². The van der Waals surface area contributed by atoms with Crippen molar-refractivity contribution in [1.82, 2.24) is 0 Å². The van der Waals surface area contributed by atoms with Crippen molar-refractivity contribution in [3.8, 4) is 0 Å². The standard InChI is InChI=1S/C45H86O3/c1-6-11-15-19-23-27-30-36-43(35-29-25-21-17-13-8-3)47-42-45(39-33-34-41-46-40-10-5)48-44(37-31-26-22-18-14-9-4)38-32-28-24-20-16-12-7-2/h8-10,43-45H,3-7,11-42H2,1-2H3. The van der Waals surface area contributed by atoms with Gasteiger partial charge < -0.3 is 14.2 Å². The van der Waals surface area contributed by atoms with E-state index in [9.17, 15) is 0 Å². The fourth-order valence-electron chi connectivity index (χ4n) is 6.73. The Morgan fingerprint density at radius 2 is 0.812 bits per heavy atom. The van der Waals surface area contributed by atoms with E-state index in [4.69, 9.17) is 14.2 Å². The van der Waals surface area contributed by atoms with Crippen LogP contribution >= 0.6 is 0 Å². The first-order valence-electron chi connectivity index (χ1n) is 21.4. The maximum atomic E-state index is 7.04. The zero-order chi connectivity index (χ0) is 35.0. The number of hydrogen-bond acceptors (Lipinski definition) is 3. The molecule has 0 amide bonds. The fraction of sp³-hybridized carbons (Fsp3) is 0.867. The molecule has 3 nitrogen and oxygen atoms in total. The third-order valence-corrected chi connectivity index (χ3v) is 9.83. The Bertz CT molecular complexity index is 646. The maximum absolute atomic E-state index is 7.04. The number of allylic oxidation sites excluding steroid dienone is 2. The van der Waals surface area contributed by atoms with Crippen molar-refractivity contribution in [1.29, 1.82) is 0 Å². The van der Waals surface area contributed by atoms with E-state index in [1.54, 1.807) is 0 Å². The molecule has 0 bridgehead atoms. The second kappa shape index (κ2) is 40.5. The molecule has 3 atom stereocenters. The van der Waals surface area contributed by atoms with Crippen LogP contribution in [0, 0.1) is 0 Å². The number of rotatable bonds is 42. The Morgan fingerprint density at radius 1 is 0.417 bits per heavy atom. The molecular formula is C45H86O3. The molecule has 0 spiro atoms. The summed E-state index contributed by atoms with van der Waals surface area (Å²) >= 11 is 0. The van der Waals surface area contributed by atoms with Crippen LogP contribution in [0.5, 0.6) is 0 Å². The lowest BCUT2D eigenvalue weighted by molar-refractivity contribution is -0.0871. The summed E-state index contributed by atoms with van der Waals surface area (Å²) in [6, 6.07) is 0. The van der Waals surface area contributed by atoms with Crippen molar-refractivity contribution < 1.29 is 14.2 Å². The largest absolute Gasteiger partial charge is 0.377 e. The van der Waals surface area contributed by atoms with E-state index in [2.05, 4.69) is 45.7 Å². The average Bonchev–Trinajstić information content (AvgIpc) is 3.09. The van der Waals surface area contributed by atoms with Gasteiger partial charge in [0.15, 0.2) is 0 Å². The lowest BCUT2D eigenvalue weighted by Gasteiger charge is -2.28. The van der Waals surface area contributed by atoms with Gasteiger partial charge in [0.25, 0.3) is 0 Å². The average molecular weight is 675 g/mol. The maximum Gasteiger partial charge on any atom is 0.0812 e. The van der Waals surface area contributed by atoms with Crippen LogP contribution in [0.15, 0.2) is 38.0 Å². The molecule has 284 valence electrons. The summed E-state index contributed by atoms with van der Waals surface area (Å²) in [5, 5.41) is 0. The van der Waals surface area contributed by atoms with Crippen LogP contribution in [0.2, 0.25) is 0 Å². The van der Waals surface area contributed by atoms with Crippen molar-refractivity contribution in [2.75, 3.05) is 19.8 Å². The molecule has 0 fully saturated rings. The Morgan fingerprint density at radius 3 is 1.27 bits per heavy atom. The van der Waals surface area contributed by atoms with Gasteiger partial charge in [-0.05, 0) is 70.6 Å². The normalized spacial score (nSPS) is 13.4. The highest BCUT2D eigenvalue weighted by atomic mass is 16.5. The van der Waals surface area contributed by atoms with E-state index in [-0.39, 0.29) is 6.10 Å². The number of hydrogen-bond donors (Lipinski definition) is 0. The van der Waals surface area contributed by atoms with Gasteiger partial charge in [0, 0.05) is 6.61 Å². The molecule has 48 heavy (non-hydrogen) atoms. The number of ether oxygens (including phenoxy) is 3. The van der Waals surface area contributed by atoms with Gasteiger partial charge in [-0.3, -0.25) is 0 Å². The summed E-state index contributed by atoms with van der Waals surface area (Å²) in [7, 11) is 0. The summed E-state index contributed by atoms with van der Waals surface area (Å²) in [6.45, 7) is 18.4. The minimum absolute atomic E-state index is 0.184. The molecule has 0 N–H and O–H groups in total. The first-order chi connectivity index (χ1) is 23.7. The molecule has 0 rings (SSSR count). The predicted molar refractivity (Wildman–Crippen MR) is 214 cm³/mol. The monoisotopic (exact) mass is 675 g/mol. The molecule has 3 unspecified atom stereocenters. The second-order valence-corrected chi connectivity index (χ2v) is 14.6. The van der Waals surface area contributed by atoms with Crippen LogP contribution in [0.1, 0.15) is 213 Å².